The Morgan fingerprint density at radius 3 is 2.42 bits per heavy atom. The third kappa shape index (κ3) is 7.25. The van der Waals surface area contributed by atoms with Gasteiger partial charge in [-0.25, -0.2) is 0 Å². The highest BCUT2D eigenvalue weighted by atomic mass is 16.5. The predicted molar refractivity (Wildman–Crippen MR) is 45.8 cm³/mol. The number of rotatable bonds is 6. The average molecular weight is 172 g/mol. The third-order valence-electron chi connectivity index (χ3n) is 1.55. The highest BCUT2D eigenvalue weighted by Crippen LogP contribution is 1.99. The van der Waals surface area contributed by atoms with Gasteiger partial charge < -0.3 is 4.74 Å². The average Bonchev–Trinajstić information content (AvgIpc) is 2.03. The molecule has 0 aliphatic carbocycles. The first-order valence-corrected chi connectivity index (χ1v) is 4.32. The summed E-state index contributed by atoms with van der Waals surface area (Å²) in [5.74, 6) is 0.0228. The number of unbranched alkanes of at least 4 members (excludes halogenated alkanes) is 1. The van der Waals surface area contributed by atoms with Gasteiger partial charge in [-0.05, 0) is 12.8 Å². The van der Waals surface area contributed by atoms with E-state index >= 15 is 0 Å². The summed E-state index contributed by atoms with van der Waals surface area (Å²) in [5, 5.41) is 0. The van der Waals surface area contributed by atoms with Crippen molar-refractivity contribution in [2.24, 2.45) is 0 Å². The zero-order valence-electron chi connectivity index (χ0n) is 7.76. The quantitative estimate of drug-likeness (QED) is 0.452. The van der Waals surface area contributed by atoms with Gasteiger partial charge in [0.05, 0.1) is 6.61 Å². The van der Waals surface area contributed by atoms with Gasteiger partial charge in [0, 0.05) is 19.8 Å². The maximum absolute atomic E-state index is 10.8. The van der Waals surface area contributed by atoms with Crippen LogP contribution in [0.25, 0.3) is 0 Å². The van der Waals surface area contributed by atoms with Crippen LogP contribution in [0.1, 0.15) is 39.5 Å². The molecule has 0 heterocycles. The lowest BCUT2D eigenvalue weighted by Gasteiger charge is -2.00. The summed E-state index contributed by atoms with van der Waals surface area (Å²) in [7, 11) is 0. The number of ketones is 1. The second kappa shape index (κ2) is 6.83. The fourth-order valence-corrected chi connectivity index (χ4v) is 0.817. The summed E-state index contributed by atoms with van der Waals surface area (Å²) < 4.78 is 4.71. The van der Waals surface area contributed by atoms with Crippen LogP contribution in [-0.2, 0) is 14.3 Å². The Hall–Kier alpha value is -0.860. The second-order valence-corrected chi connectivity index (χ2v) is 2.69. The fourth-order valence-electron chi connectivity index (χ4n) is 0.817. The van der Waals surface area contributed by atoms with Crippen LogP contribution in [0.5, 0.6) is 0 Å². The number of Topliss-reactive ketones (excluding diaryl/α,β-unsaturated/α-hetero) is 1. The van der Waals surface area contributed by atoms with Crippen LogP contribution in [0, 0.1) is 0 Å². The molecule has 0 aromatic heterocycles. The number of carbonyl (C=O) groups excluding carboxylic acids is 2. The molecule has 0 aromatic carbocycles. The van der Waals surface area contributed by atoms with E-state index in [0.717, 1.165) is 12.8 Å². The Morgan fingerprint density at radius 1 is 1.25 bits per heavy atom. The van der Waals surface area contributed by atoms with Crippen molar-refractivity contribution in [1.29, 1.82) is 0 Å². The summed E-state index contributed by atoms with van der Waals surface area (Å²) in [6, 6.07) is 0. The maximum atomic E-state index is 10.8. The minimum Gasteiger partial charge on any atom is -0.466 e. The molecule has 3 nitrogen and oxygen atoms in total. The molecule has 0 unspecified atom stereocenters. The Bertz CT molecular complexity index is 152. The topological polar surface area (TPSA) is 43.4 Å². The molecule has 0 spiro atoms. The number of hydrogen-bond acceptors (Lipinski definition) is 3. The smallest absolute Gasteiger partial charge is 0.302 e. The molecule has 0 atom stereocenters. The molecular weight excluding hydrogens is 156 g/mol. The van der Waals surface area contributed by atoms with E-state index in [2.05, 4.69) is 0 Å². The zero-order valence-corrected chi connectivity index (χ0v) is 7.76. The van der Waals surface area contributed by atoms with E-state index in [1.54, 1.807) is 0 Å². The summed E-state index contributed by atoms with van der Waals surface area (Å²) in [6.07, 6.45) is 2.82. The molecule has 0 aliphatic heterocycles. The van der Waals surface area contributed by atoms with Crippen molar-refractivity contribution in [3.63, 3.8) is 0 Å². The van der Waals surface area contributed by atoms with E-state index in [9.17, 15) is 9.59 Å². The Morgan fingerprint density at radius 2 is 1.92 bits per heavy atom. The van der Waals surface area contributed by atoms with Crippen molar-refractivity contribution in [1.82, 2.24) is 0 Å². The largest absolute Gasteiger partial charge is 0.466 e. The summed E-state index contributed by atoms with van der Waals surface area (Å²) >= 11 is 0. The van der Waals surface area contributed by atoms with Gasteiger partial charge in [0.2, 0.25) is 0 Å². The van der Waals surface area contributed by atoms with Crippen LogP contribution >= 0.6 is 0 Å². The number of carbonyl (C=O) groups is 2. The van der Waals surface area contributed by atoms with Gasteiger partial charge in [-0.1, -0.05) is 6.92 Å². The molecule has 0 aromatic rings. The molecule has 70 valence electrons. The number of hydrogen-bond donors (Lipinski definition) is 0. The minimum atomic E-state index is -0.253. The molecule has 0 saturated heterocycles. The van der Waals surface area contributed by atoms with E-state index in [-0.39, 0.29) is 11.8 Å². The summed E-state index contributed by atoms with van der Waals surface area (Å²) in [5.41, 5.74) is 0. The highest BCUT2D eigenvalue weighted by molar-refractivity contribution is 5.77. The first-order chi connectivity index (χ1) is 5.66. The Balaban J connectivity index is 3.11. The first kappa shape index (κ1) is 11.1. The van der Waals surface area contributed by atoms with E-state index in [4.69, 9.17) is 4.74 Å². The van der Waals surface area contributed by atoms with Gasteiger partial charge in [0.1, 0.15) is 5.78 Å². The standard InChI is InChI=1S/C9H16O3/c1-3-9(11)6-4-5-7-12-8(2)10/h3-7H2,1-2H3. The molecule has 0 amide bonds. The summed E-state index contributed by atoms with van der Waals surface area (Å²) in [4.78, 5) is 21.1. The van der Waals surface area contributed by atoms with Crippen LogP contribution in [0.2, 0.25) is 0 Å². The van der Waals surface area contributed by atoms with Gasteiger partial charge in [-0.15, -0.1) is 0 Å². The molecule has 0 rings (SSSR count). The maximum Gasteiger partial charge on any atom is 0.302 e. The normalized spacial score (nSPS) is 9.50. The summed E-state index contributed by atoms with van der Waals surface area (Å²) in [6.45, 7) is 3.68. The number of esters is 1. The van der Waals surface area contributed by atoms with Crippen molar-refractivity contribution in [2.45, 2.75) is 39.5 Å². The van der Waals surface area contributed by atoms with Crippen LogP contribution in [-0.4, -0.2) is 18.4 Å². The highest BCUT2D eigenvalue weighted by Gasteiger charge is 1.98. The SMILES string of the molecule is CCC(=O)CCCCOC(C)=O. The van der Waals surface area contributed by atoms with Gasteiger partial charge in [-0.3, -0.25) is 9.59 Å². The van der Waals surface area contributed by atoms with E-state index in [0.29, 0.717) is 19.4 Å². The van der Waals surface area contributed by atoms with E-state index in [1.807, 2.05) is 6.92 Å². The molecule has 0 aliphatic rings. The van der Waals surface area contributed by atoms with Crippen LogP contribution < -0.4 is 0 Å². The molecular formula is C9H16O3. The lowest BCUT2D eigenvalue weighted by Crippen LogP contribution is -2.01. The zero-order chi connectivity index (χ0) is 9.40. The fraction of sp³-hybridized carbons (Fsp3) is 0.778. The Labute approximate surface area is 73.1 Å². The predicted octanol–water partition coefficient (Wildman–Crippen LogP) is 1.70. The van der Waals surface area contributed by atoms with Crippen molar-refractivity contribution in [2.75, 3.05) is 6.61 Å². The minimum absolute atomic E-state index is 0.253. The van der Waals surface area contributed by atoms with Gasteiger partial charge in [-0.2, -0.15) is 0 Å². The lowest BCUT2D eigenvalue weighted by molar-refractivity contribution is -0.141. The van der Waals surface area contributed by atoms with Gasteiger partial charge in [0.25, 0.3) is 0 Å². The van der Waals surface area contributed by atoms with Crippen molar-refractivity contribution in [3.05, 3.63) is 0 Å². The van der Waals surface area contributed by atoms with Crippen molar-refractivity contribution >= 4 is 11.8 Å². The molecule has 3 heteroatoms. The molecule has 12 heavy (non-hydrogen) atoms. The third-order valence-corrected chi connectivity index (χ3v) is 1.55. The molecule has 0 radical (unpaired) electrons. The van der Waals surface area contributed by atoms with Crippen molar-refractivity contribution in [3.8, 4) is 0 Å². The number of ether oxygens (including phenoxy) is 1. The monoisotopic (exact) mass is 172 g/mol. The van der Waals surface area contributed by atoms with Gasteiger partial charge in [0.15, 0.2) is 0 Å². The van der Waals surface area contributed by atoms with E-state index < -0.39 is 0 Å². The molecule has 0 bridgehead atoms. The van der Waals surface area contributed by atoms with Crippen LogP contribution in [0.15, 0.2) is 0 Å². The van der Waals surface area contributed by atoms with E-state index in [1.165, 1.54) is 6.92 Å². The second-order valence-electron chi connectivity index (χ2n) is 2.69. The molecule has 0 N–H and O–H groups in total. The molecule has 0 saturated carbocycles. The Kier molecular flexibility index (Phi) is 6.34. The van der Waals surface area contributed by atoms with Crippen molar-refractivity contribution < 1.29 is 14.3 Å². The first-order valence-electron chi connectivity index (χ1n) is 4.32. The lowest BCUT2D eigenvalue weighted by atomic mass is 10.1. The van der Waals surface area contributed by atoms with Crippen LogP contribution in [0.3, 0.4) is 0 Å². The molecule has 0 fully saturated rings. The van der Waals surface area contributed by atoms with Crippen LogP contribution in [0.4, 0.5) is 0 Å². The van der Waals surface area contributed by atoms with Gasteiger partial charge >= 0.3 is 5.97 Å².